The van der Waals surface area contributed by atoms with Crippen LogP contribution in [0.5, 0.6) is 0 Å². The Labute approximate surface area is 167 Å². The fourth-order valence-corrected chi connectivity index (χ4v) is 3.86. The van der Waals surface area contributed by atoms with E-state index in [4.69, 9.17) is 5.10 Å². The molecule has 0 spiro atoms. The summed E-state index contributed by atoms with van der Waals surface area (Å²) in [5.74, 6) is 0. The van der Waals surface area contributed by atoms with Gasteiger partial charge < -0.3 is 4.90 Å². The fraction of sp³-hybridized carbons (Fsp3) is 0.250. The molecule has 1 aliphatic heterocycles. The maximum Gasteiger partial charge on any atom is 0.0850 e. The Morgan fingerprint density at radius 3 is 2.00 bits per heavy atom. The quantitative estimate of drug-likeness (QED) is 0.588. The Bertz CT molecular complexity index is 874. The van der Waals surface area contributed by atoms with Crippen LogP contribution >= 0.6 is 0 Å². The number of hydrogen-bond acceptors (Lipinski definition) is 4. The molecular weight excluding hydrogens is 344 g/mol. The minimum Gasteiger partial charge on any atom is -0.378 e. The van der Waals surface area contributed by atoms with Crippen LogP contribution in [-0.2, 0) is 0 Å². The molecule has 0 N–H and O–H groups in total. The van der Waals surface area contributed by atoms with Crippen LogP contribution in [0.2, 0.25) is 0 Å². The predicted octanol–water partition coefficient (Wildman–Crippen LogP) is 5.06. The molecule has 3 aromatic rings. The van der Waals surface area contributed by atoms with Gasteiger partial charge in [0.2, 0.25) is 0 Å². The maximum atomic E-state index is 4.94. The number of aromatic nitrogens is 1. The van der Waals surface area contributed by atoms with Gasteiger partial charge in [0.1, 0.15) is 0 Å². The van der Waals surface area contributed by atoms with E-state index in [-0.39, 0.29) is 12.1 Å². The third-order valence-corrected chi connectivity index (χ3v) is 5.33. The predicted molar refractivity (Wildman–Crippen MR) is 116 cm³/mol. The molecule has 4 heteroatoms. The van der Waals surface area contributed by atoms with Crippen molar-refractivity contribution in [3.63, 3.8) is 0 Å². The molecule has 4 rings (SSSR count). The minimum absolute atomic E-state index is 0.277. The van der Waals surface area contributed by atoms with E-state index in [0.29, 0.717) is 0 Å². The summed E-state index contributed by atoms with van der Waals surface area (Å²) in [4.78, 5) is 6.55. The molecule has 142 valence electrons. The first kappa shape index (κ1) is 18.2. The molecule has 0 saturated carbocycles. The van der Waals surface area contributed by atoms with Crippen molar-refractivity contribution in [1.82, 2.24) is 9.99 Å². The van der Waals surface area contributed by atoms with Crippen molar-refractivity contribution in [2.45, 2.75) is 24.9 Å². The van der Waals surface area contributed by atoms with Crippen LogP contribution in [0, 0.1) is 0 Å². The molecule has 4 nitrogen and oxygen atoms in total. The molecule has 2 atom stereocenters. The van der Waals surface area contributed by atoms with Crippen molar-refractivity contribution in [3.05, 3.63) is 95.8 Å². The van der Waals surface area contributed by atoms with Gasteiger partial charge in [0.25, 0.3) is 0 Å². The topological polar surface area (TPSA) is 31.7 Å². The number of hydrogen-bond donors (Lipinski definition) is 0. The summed E-state index contributed by atoms with van der Waals surface area (Å²) in [6, 6.07) is 26.0. The van der Waals surface area contributed by atoms with Crippen molar-refractivity contribution in [1.29, 1.82) is 0 Å². The van der Waals surface area contributed by atoms with Crippen molar-refractivity contribution < 1.29 is 0 Å². The number of anilines is 1. The van der Waals surface area contributed by atoms with E-state index in [1.807, 2.05) is 32.6 Å². The first-order valence-corrected chi connectivity index (χ1v) is 9.78. The summed E-state index contributed by atoms with van der Waals surface area (Å²) in [5.41, 5.74) is 4.62. The Morgan fingerprint density at radius 2 is 1.46 bits per heavy atom. The van der Waals surface area contributed by atoms with E-state index in [9.17, 15) is 0 Å². The highest BCUT2D eigenvalue weighted by Crippen LogP contribution is 2.44. The zero-order chi connectivity index (χ0) is 19.3. The largest absolute Gasteiger partial charge is 0.378 e. The lowest BCUT2D eigenvalue weighted by molar-refractivity contribution is 0.205. The minimum atomic E-state index is 0.277. The highest BCUT2D eigenvalue weighted by molar-refractivity contribution is 5.78. The van der Waals surface area contributed by atoms with Gasteiger partial charge in [-0.15, -0.1) is 0 Å². The maximum absolute atomic E-state index is 4.94. The molecule has 1 fully saturated rings. The van der Waals surface area contributed by atoms with Crippen LogP contribution in [-0.4, -0.2) is 30.3 Å². The summed E-state index contributed by atoms with van der Waals surface area (Å²) < 4.78 is 0. The van der Waals surface area contributed by atoms with E-state index in [1.165, 1.54) is 11.1 Å². The molecule has 2 aromatic carbocycles. The zero-order valence-electron chi connectivity index (χ0n) is 16.4. The van der Waals surface area contributed by atoms with Crippen LogP contribution in [0.1, 0.15) is 41.7 Å². The van der Waals surface area contributed by atoms with Crippen LogP contribution in [0.4, 0.5) is 5.69 Å². The first-order valence-electron chi connectivity index (χ1n) is 9.78. The van der Waals surface area contributed by atoms with Gasteiger partial charge in [0.05, 0.1) is 24.0 Å². The second kappa shape index (κ2) is 8.26. The summed E-state index contributed by atoms with van der Waals surface area (Å²) in [6.45, 7) is 0. The summed E-state index contributed by atoms with van der Waals surface area (Å²) in [5, 5.41) is 7.20. The van der Waals surface area contributed by atoms with E-state index in [1.54, 1.807) is 0 Å². The van der Waals surface area contributed by atoms with E-state index < -0.39 is 0 Å². The highest BCUT2D eigenvalue weighted by atomic mass is 15.5. The van der Waals surface area contributed by atoms with Crippen LogP contribution in [0.15, 0.2) is 84.1 Å². The Hall–Kier alpha value is -3.14. The number of pyridine rings is 1. The van der Waals surface area contributed by atoms with E-state index >= 15 is 0 Å². The first-order chi connectivity index (χ1) is 13.7. The zero-order valence-corrected chi connectivity index (χ0v) is 16.4. The lowest BCUT2D eigenvalue weighted by Crippen LogP contribution is -2.21. The molecule has 0 bridgehead atoms. The van der Waals surface area contributed by atoms with Gasteiger partial charge in [-0.3, -0.25) is 9.99 Å². The molecule has 0 unspecified atom stereocenters. The SMILES string of the molecule is CN(C)c1ccnc(/C=N/N2[C@H](c3ccccc3)CC[C@H]2c2ccccc2)c1. The lowest BCUT2D eigenvalue weighted by Gasteiger charge is -2.28. The molecule has 28 heavy (non-hydrogen) atoms. The lowest BCUT2D eigenvalue weighted by atomic mass is 10.0. The molecule has 0 amide bonds. The van der Waals surface area contributed by atoms with Gasteiger partial charge in [0.15, 0.2) is 0 Å². The molecule has 1 saturated heterocycles. The van der Waals surface area contributed by atoms with Crippen LogP contribution < -0.4 is 4.90 Å². The van der Waals surface area contributed by atoms with Crippen LogP contribution in [0.3, 0.4) is 0 Å². The van der Waals surface area contributed by atoms with Gasteiger partial charge >= 0.3 is 0 Å². The molecule has 2 heterocycles. The number of hydrazone groups is 1. The third-order valence-electron chi connectivity index (χ3n) is 5.33. The Morgan fingerprint density at radius 1 is 0.893 bits per heavy atom. The number of benzene rings is 2. The Kier molecular flexibility index (Phi) is 5.38. The monoisotopic (exact) mass is 370 g/mol. The van der Waals surface area contributed by atoms with Gasteiger partial charge in [0, 0.05) is 26.0 Å². The van der Waals surface area contributed by atoms with Crippen molar-refractivity contribution in [2.75, 3.05) is 19.0 Å². The number of nitrogens with zero attached hydrogens (tertiary/aromatic N) is 4. The number of rotatable bonds is 5. The Balaban J connectivity index is 1.66. The van der Waals surface area contributed by atoms with Gasteiger partial charge in [-0.05, 0) is 36.1 Å². The van der Waals surface area contributed by atoms with Gasteiger partial charge in [-0.1, -0.05) is 60.7 Å². The van der Waals surface area contributed by atoms with Crippen molar-refractivity contribution in [2.24, 2.45) is 5.10 Å². The average Bonchev–Trinajstić information content (AvgIpc) is 3.17. The van der Waals surface area contributed by atoms with E-state index in [0.717, 1.165) is 24.2 Å². The molecule has 0 aliphatic carbocycles. The third kappa shape index (κ3) is 3.91. The standard InChI is InChI=1S/C24H26N4/c1-27(2)22-15-16-25-21(17-22)18-26-28-23(19-9-5-3-6-10-19)13-14-24(28)20-11-7-4-8-12-20/h3-12,15-18,23-24H,13-14H2,1-2H3/b26-18+/t23-,24-/m0/s1. The summed E-state index contributed by atoms with van der Waals surface area (Å²) in [7, 11) is 4.07. The molecule has 1 aromatic heterocycles. The highest BCUT2D eigenvalue weighted by Gasteiger charge is 2.34. The van der Waals surface area contributed by atoms with E-state index in [2.05, 4.69) is 81.6 Å². The van der Waals surface area contributed by atoms with Gasteiger partial charge in [-0.25, -0.2) is 0 Å². The summed E-state index contributed by atoms with van der Waals surface area (Å²) >= 11 is 0. The molecule has 1 aliphatic rings. The fourth-order valence-electron chi connectivity index (χ4n) is 3.86. The normalized spacial score (nSPS) is 19.3. The average molecular weight is 371 g/mol. The summed E-state index contributed by atoms with van der Waals surface area (Å²) in [6.07, 6.45) is 5.91. The molecule has 0 radical (unpaired) electrons. The van der Waals surface area contributed by atoms with Crippen molar-refractivity contribution in [3.8, 4) is 0 Å². The van der Waals surface area contributed by atoms with Gasteiger partial charge in [-0.2, -0.15) is 5.10 Å². The van der Waals surface area contributed by atoms with Crippen LogP contribution in [0.25, 0.3) is 0 Å². The van der Waals surface area contributed by atoms with Crippen molar-refractivity contribution >= 4 is 11.9 Å². The molecular formula is C24H26N4. The second-order valence-corrected chi connectivity index (χ2v) is 7.39. The second-order valence-electron chi connectivity index (χ2n) is 7.39. The smallest absolute Gasteiger partial charge is 0.0850 e.